The van der Waals surface area contributed by atoms with Crippen molar-refractivity contribution < 1.29 is 9.90 Å². The van der Waals surface area contributed by atoms with Crippen molar-refractivity contribution in [1.29, 1.82) is 0 Å². The van der Waals surface area contributed by atoms with Gasteiger partial charge >= 0.3 is 5.97 Å². The second-order valence-electron chi connectivity index (χ2n) is 6.44. The quantitative estimate of drug-likeness (QED) is 0.772. The minimum absolute atomic E-state index is 0.335. The van der Waals surface area contributed by atoms with Gasteiger partial charge in [-0.15, -0.1) is 11.3 Å². The highest BCUT2D eigenvalue weighted by Crippen LogP contribution is 2.34. The fourth-order valence-corrected chi connectivity index (χ4v) is 4.23. The zero-order chi connectivity index (χ0) is 17.4. The van der Waals surface area contributed by atoms with E-state index < -0.39 is 5.97 Å². The molecule has 0 spiro atoms. The van der Waals surface area contributed by atoms with Gasteiger partial charge in [0.15, 0.2) is 5.82 Å². The largest absolute Gasteiger partial charge is 0.481 e. The molecular weight excluding hydrogens is 334 g/mol. The van der Waals surface area contributed by atoms with E-state index >= 15 is 0 Å². The average Bonchev–Trinajstić information content (AvgIpc) is 3.01. The molecule has 4 rings (SSSR count). The molecule has 1 fully saturated rings. The summed E-state index contributed by atoms with van der Waals surface area (Å²) < 4.78 is 0. The number of hydrogen-bond acceptors (Lipinski definition) is 5. The van der Waals surface area contributed by atoms with Crippen molar-refractivity contribution in [3.8, 4) is 11.4 Å². The van der Waals surface area contributed by atoms with E-state index in [2.05, 4.69) is 17.9 Å². The number of aliphatic carboxylic acids is 1. The van der Waals surface area contributed by atoms with E-state index in [1.54, 1.807) is 11.3 Å². The van der Waals surface area contributed by atoms with Crippen LogP contribution in [0.5, 0.6) is 0 Å². The number of carbonyl (C=O) groups is 1. The van der Waals surface area contributed by atoms with Gasteiger partial charge in [0.25, 0.3) is 0 Å². The Morgan fingerprint density at radius 3 is 2.84 bits per heavy atom. The minimum Gasteiger partial charge on any atom is -0.481 e. The number of thiophene rings is 1. The molecule has 1 saturated heterocycles. The van der Waals surface area contributed by atoms with Crippen LogP contribution in [0.3, 0.4) is 0 Å². The molecule has 1 N–H and O–H groups in total. The van der Waals surface area contributed by atoms with Gasteiger partial charge in [-0.2, -0.15) is 0 Å². The zero-order valence-corrected chi connectivity index (χ0v) is 14.8. The third-order valence-corrected chi connectivity index (χ3v) is 5.54. The molecule has 25 heavy (non-hydrogen) atoms. The molecule has 0 bridgehead atoms. The van der Waals surface area contributed by atoms with Gasteiger partial charge in [0.1, 0.15) is 10.6 Å². The Morgan fingerprint density at radius 2 is 2.08 bits per heavy atom. The molecule has 1 unspecified atom stereocenters. The third-order valence-electron chi connectivity index (χ3n) is 4.60. The van der Waals surface area contributed by atoms with E-state index in [9.17, 15) is 9.90 Å². The van der Waals surface area contributed by atoms with Crippen LogP contribution in [-0.2, 0) is 4.79 Å². The number of anilines is 1. The lowest BCUT2D eigenvalue weighted by Gasteiger charge is -2.32. The molecule has 5 nitrogen and oxygen atoms in total. The van der Waals surface area contributed by atoms with Crippen LogP contribution in [0, 0.1) is 12.8 Å². The number of aryl methyl sites for hydroxylation is 1. The fraction of sp³-hybridized carbons (Fsp3) is 0.316. The molecule has 6 heteroatoms. The normalized spacial score (nSPS) is 17.8. The first-order valence-corrected chi connectivity index (χ1v) is 9.25. The number of aromatic nitrogens is 2. The number of carboxylic acid groups (broad SMARTS) is 1. The lowest BCUT2D eigenvalue weighted by Crippen LogP contribution is -2.39. The highest BCUT2D eigenvalue weighted by molar-refractivity contribution is 7.18. The lowest BCUT2D eigenvalue weighted by molar-refractivity contribution is -0.141. The first kappa shape index (κ1) is 16.0. The molecule has 0 aliphatic carbocycles. The predicted molar refractivity (Wildman–Crippen MR) is 100 cm³/mol. The summed E-state index contributed by atoms with van der Waals surface area (Å²) in [5, 5.41) is 10.4. The van der Waals surface area contributed by atoms with Gasteiger partial charge in [-0.3, -0.25) is 4.79 Å². The number of hydrogen-bond donors (Lipinski definition) is 1. The van der Waals surface area contributed by atoms with Crippen molar-refractivity contribution in [3.63, 3.8) is 0 Å². The van der Waals surface area contributed by atoms with E-state index in [1.807, 2.05) is 30.3 Å². The number of piperidine rings is 1. The van der Waals surface area contributed by atoms with Gasteiger partial charge < -0.3 is 10.0 Å². The molecule has 0 amide bonds. The second-order valence-corrected chi connectivity index (χ2v) is 7.67. The van der Waals surface area contributed by atoms with E-state index in [4.69, 9.17) is 9.97 Å². The number of nitrogens with zero attached hydrogens (tertiary/aromatic N) is 3. The van der Waals surface area contributed by atoms with E-state index in [1.165, 1.54) is 4.88 Å². The molecule has 0 saturated carbocycles. The smallest absolute Gasteiger partial charge is 0.308 e. The van der Waals surface area contributed by atoms with Crippen LogP contribution in [0.4, 0.5) is 5.82 Å². The summed E-state index contributed by atoms with van der Waals surface area (Å²) in [4.78, 5) is 25.3. The van der Waals surface area contributed by atoms with Crippen molar-refractivity contribution in [2.45, 2.75) is 19.8 Å². The number of rotatable bonds is 3. The van der Waals surface area contributed by atoms with Crippen LogP contribution < -0.4 is 4.90 Å². The van der Waals surface area contributed by atoms with Crippen molar-refractivity contribution in [1.82, 2.24) is 9.97 Å². The minimum atomic E-state index is -0.722. The lowest BCUT2D eigenvalue weighted by atomic mass is 9.98. The van der Waals surface area contributed by atoms with Crippen LogP contribution in [0.25, 0.3) is 21.6 Å². The Balaban J connectivity index is 1.82. The van der Waals surface area contributed by atoms with Crippen molar-refractivity contribution in [2.75, 3.05) is 18.0 Å². The van der Waals surface area contributed by atoms with Gasteiger partial charge in [0.2, 0.25) is 0 Å². The van der Waals surface area contributed by atoms with Crippen molar-refractivity contribution >= 4 is 33.3 Å². The van der Waals surface area contributed by atoms with Crippen molar-refractivity contribution in [3.05, 3.63) is 41.3 Å². The fourth-order valence-electron chi connectivity index (χ4n) is 3.36. The van der Waals surface area contributed by atoms with Crippen LogP contribution >= 0.6 is 11.3 Å². The Kier molecular flexibility index (Phi) is 4.13. The summed E-state index contributed by atoms with van der Waals surface area (Å²) in [6.45, 7) is 3.40. The third kappa shape index (κ3) is 3.09. The summed E-state index contributed by atoms with van der Waals surface area (Å²) in [5.41, 5.74) is 0.975. The van der Waals surface area contributed by atoms with Crippen LogP contribution in [0.2, 0.25) is 0 Å². The molecule has 1 aliphatic heterocycles. The first-order valence-electron chi connectivity index (χ1n) is 8.43. The standard InChI is InChI=1S/C19H19N3O2S/c1-12-10-15-17(22-9-5-8-14(11-22)19(23)24)20-16(21-18(15)25-12)13-6-3-2-4-7-13/h2-4,6-7,10,14H,5,8-9,11H2,1H3,(H,23,24). The topological polar surface area (TPSA) is 66.3 Å². The van der Waals surface area contributed by atoms with Crippen molar-refractivity contribution in [2.24, 2.45) is 5.92 Å². The highest BCUT2D eigenvalue weighted by Gasteiger charge is 2.28. The summed E-state index contributed by atoms with van der Waals surface area (Å²) in [6.07, 6.45) is 1.60. The molecule has 1 aliphatic rings. The average molecular weight is 353 g/mol. The summed E-state index contributed by atoms with van der Waals surface area (Å²) >= 11 is 1.65. The van der Waals surface area contributed by atoms with Gasteiger partial charge in [-0.1, -0.05) is 30.3 Å². The maximum absolute atomic E-state index is 11.4. The van der Waals surface area contributed by atoms with Crippen LogP contribution in [-0.4, -0.2) is 34.1 Å². The van der Waals surface area contributed by atoms with E-state index in [0.29, 0.717) is 12.4 Å². The van der Waals surface area contributed by atoms with E-state index in [-0.39, 0.29) is 5.92 Å². The summed E-state index contributed by atoms with van der Waals surface area (Å²) in [7, 11) is 0. The first-order chi connectivity index (χ1) is 12.1. The second kappa shape index (κ2) is 6.44. The molecular formula is C19H19N3O2S. The Bertz CT molecular complexity index is 923. The predicted octanol–water partition coefficient (Wildman–Crippen LogP) is 3.97. The van der Waals surface area contributed by atoms with Gasteiger partial charge in [0.05, 0.1) is 11.3 Å². The van der Waals surface area contributed by atoms with Gasteiger partial charge in [-0.25, -0.2) is 9.97 Å². The molecule has 1 aromatic carbocycles. The Labute approximate surface area is 150 Å². The molecule has 1 atom stereocenters. The monoisotopic (exact) mass is 353 g/mol. The number of carboxylic acids is 1. The van der Waals surface area contributed by atoms with Crippen LogP contribution in [0.15, 0.2) is 36.4 Å². The van der Waals surface area contributed by atoms with Gasteiger partial charge in [0, 0.05) is 23.5 Å². The summed E-state index contributed by atoms with van der Waals surface area (Å²) in [6, 6.07) is 12.0. The molecule has 2 aromatic heterocycles. The van der Waals surface area contributed by atoms with Gasteiger partial charge in [-0.05, 0) is 25.8 Å². The molecule has 3 heterocycles. The molecule has 128 valence electrons. The molecule has 0 radical (unpaired) electrons. The highest BCUT2D eigenvalue weighted by atomic mass is 32.1. The SMILES string of the molecule is Cc1cc2c(N3CCCC(C(=O)O)C3)nc(-c3ccccc3)nc2s1. The van der Waals surface area contributed by atoms with E-state index in [0.717, 1.165) is 41.0 Å². The zero-order valence-electron chi connectivity index (χ0n) is 14.0. The molecule has 3 aromatic rings. The number of benzene rings is 1. The number of fused-ring (bicyclic) bond motifs is 1. The maximum atomic E-state index is 11.4. The Morgan fingerprint density at radius 1 is 1.28 bits per heavy atom. The maximum Gasteiger partial charge on any atom is 0.308 e. The summed E-state index contributed by atoms with van der Waals surface area (Å²) in [5.74, 6) is 0.500. The van der Waals surface area contributed by atoms with Crippen LogP contribution in [0.1, 0.15) is 17.7 Å². The Hall–Kier alpha value is -2.47.